The van der Waals surface area contributed by atoms with Gasteiger partial charge >= 0.3 is 11.9 Å². The molecule has 0 aliphatic carbocycles. The molecule has 2 unspecified atom stereocenters. The number of anilines is 1. The number of rotatable bonds is 17. The Kier molecular flexibility index (Phi) is 16.3. The summed E-state index contributed by atoms with van der Waals surface area (Å²) in [4.78, 5) is 84.7. The number of amides is 2. The zero-order valence-electron chi connectivity index (χ0n) is 30.1. The van der Waals surface area contributed by atoms with Crippen molar-refractivity contribution in [1.29, 1.82) is 0 Å². The Morgan fingerprint density at radius 2 is 1.52 bits per heavy atom. The summed E-state index contributed by atoms with van der Waals surface area (Å²) in [5.41, 5.74) is 1.16. The van der Waals surface area contributed by atoms with E-state index in [-0.39, 0.29) is 97.6 Å². The molecule has 16 heteroatoms. The maximum Gasteiger partial charge on any atom is 0.342 e. The van der Waals surface area contributed by atoms with Gasteiger partial charge in [0.15, 0.2) is 11.3 Å². The fourth-order valence-electron chi connectivity index (χ4n) is 5.09. The van der Waals surface area contributed by atoms with Crippen LogP contribution in [0.1, 0.15) is 49.3 Å². The molecule has 0 fully saturated rings. The minimum absolute atomic E-state index is 0. The van der Waals surface area contributed by atoms with E-state index >= 15 is 0 Å². The van der Waals surface area contributed by atoms with Gasteiger partial charge in [0, 0.05) is 30.6 Å². The summed E-state index contributed by atoms with van der Waals surface area (Å²) in [6, 6.07) is 17.6. The van der Waals surface area contributed by atoms with Gasteiger partial charge in [0.25, 0.3) is 18.9 Å². The third kappa shape index (κ3) is 10.5. The molecule has 4 rings (SSSR count). The first kappa shape index (κ1) is 42.8. The monoisotopic (exact) mass is 805 g/mol. The zero-order valence-corrected chi connectivity index (χ0v) is 33.9. The van der Waals surface area contributed by atoms with Crippen LogP contribution < -0.4 is 15.6 Å². The quantitative estimate of drug-likeness (QED) is 0.0479. The number of allylic oxidation sites excluding steroid dienone is 1. The number of hydrogen-bond acceptors (Lipinski definition) is 12. The first-order valence-corrected chi connectivity index (χ1v) is 17.3. The van der Waals surface area contributed by atoms with Gasteiger partial charge in [-0.25, -0.2) is 14.6 Å². The summed E-state index contributed by atoms with van der Waals surface area (Å²) < 4.78 is 20.5. The van der Waals surface area contributed by atoms with Gasteiger partial charge in [-0.2, -0.15) is 0 Å². The molecular weight excluding hydrogens is 770 g/mol. The van der Waals surface area contributed by atoms with Crippen LogP contribution in [0, 0.1) is 0 Å². The summed E-state index contributed by atoms with van der Waals surface area (Å²) in [6.07, 6.45) is 1.53. The van der Waals surface area contributed by atoms with E-state index in [1.165, 1.54) is 19.9 Å². The predicted octanol–water partition coefficient (Wildman–Crippen LogP) is 4.68. The number of nitrogens with zero attached hydrogens (tertiary/aromatic N) is 2. The predicted molar refractivity (Wildman–Crippen MR) is 198 cm³/mol. The smallest absolute Gasteiger partial charge is 0.342 e. The average Bonchev–Trinajstić information content (AvgIpc) is 3.68. The molecule has 0 radical (unpaired) electrons. The Hall–Kier alpha value is -5.60. The van der Waals surface area contributed by atoms with Crippen LogP contribution in [0.25, 0.3) is 22.8 Å². The van der Waals surface area contributed by atoms with Crippen LogP contribution in [0.5, 0.6) is 0 Å². The van der Waals surface area contributed by atoms with Crippen LogP contribution in [0.2, 0.25) is 0 Å². The summed E-state index contributed by atoms with van der Waals surface area (Å²) in [5, 5.41) is 4.45. The maximum absolute atomic E-state index is 13.7. The molecule has 1 aromatic heterocycles. The van der Waals surface area contributed by atoms with Gasteiger partial charge in [0.2, 0.25) is 0 Å². The molecule has 3 aromatic rings. The topological polar surface area (TPSA) is 190 Å². The van der Waals surface area contributed by atoms with E-state index in [1.54, 1.807) is 74.5 Å². The second-order valence-electron chi connectivity index (χ2n) is 11.1. The number of thioether (sulfide) groups is 1. The van der Waals surface area contributed by atoms with E-state index in [0.29, 0.717) is 16.7 Å². The minimum Gasteiger partial charge on any atom is -0.463 e. The van der Waals surface area contributed by atoms with Crippen LogP contribution in [0.4, 0.5) is 5.82 Å². The Morgan fingerprint density at radius 1 is 0.907 bits per heavy atom. The second kappa shape index (κ2) is 20.6. The molecule has 54 heavy (non-hydrogen) atoms. The number of aromatic nitrogens is 1. The van der Waals surface area contributed by atoms with Crippen molar-refractivity contribution in [1.82, 2.24) is 10.3 Å². The number of ether oxygens (including phenoxy) is 4. The number of esters is 2. The van der Waals surface area contributed by atoms with Crippen molar-refractivity contribution < 1.29 is 67.2 Å². The van der Waals surface area contributed by atoms with Gasteiger partial charge < -0.3 is 34.6 Å². The minimum atomic E-state index is -0.993. The molecule has 0 bridgehead atoms. The molecule has 2 atom stereocenters. The van der Waals surface area contributed by atoms with Gasteiger partial charge in [0.05, 0.1) is 29.7 Å². The number of carbonyl (C=O) groups excluding carboxylic acids is 6. The van der Waals surface area contributed by atoms with Crippen LogP contribution >= 0.6 is 11.8 Å². The number of benzene rings is 2. The van der Waals surface area contributed by atoms with Crippen molar-refractivity contribution in [2.75, 3.05) is 25.1 Å². The van der Waals surface area contributed by atoms with Crippen LogP contribution in [-0.2, 0) is 62.4 Å². The van der Waals surface area contributed by atoms with Gasteiger partial charge in [0.1, 0.15) is 18.0 Å². The van der Waals surface area contributed by atoms with Crippen LogP contribution in [0.15, 0.2) is 89.1 Å². The zero-order chi connectivity index (χ0) is 38.5. The Morgan fingerprint density at radius 3 is 2.09 bits per heavy atom. The van der Waals surface area contributed by atoms with Crippen molar-refractivity contribution in [2.45, 2.75) is 38.4 Å². The summed E-state index contributed by atoms with van der Waals surface area (Å²) >= 11 is 0.893. The largest absolute Gasteiger partial charge is 0.463 e. The van der Waals surface area contributed by atoms with Crippen molar-refractivity contribution in [3.8, 4) is 11.1 Å². The van der Waals surface area contributed by atoms with Gasteiger partial charge in [-0.3, -0.25) is 19.2 Å². The Balaban J connectivity index is 0.00000784. The summed E-state index contributed by atoms with van der Waals surface area (Å²) in [6.45, 7) is 10.1. The molecule has 2 amide bonds. The van der Waals surface area contributed by atoms with Crippen LogP contribution in [0.3, 0.4) is 0 Å². The molecule has 0 saturated carbocycles. The SMILES string of the molecule is C=C(C)C(=O)NC1=N/C(=C\c2[n-]c(NC(=O)C(C)SC(COC=O)OC=O)c(C(=O)OCC)c2-c2ccccc2)C(c2ccccc2)=C1C(=O)OCC.[Zn]. The summed E-state index contributed by atoms with van der Waals surface area (Å²) in [7, 11) is 0. The second-order valence-corrected chi connectivity index (χ2v) is 12.6. The molecule has 14 nitrogen and oxygen atoms in total. The van der Waals surface area contributed by atoms with Gasteiger partial charge in [-0.15, -0.1) is 11.8 Å². The number of nitrogens with one attached hydrogen (secondary N) is 2. The molecule has 2 aromatic carbocycles. The molecular formula is C38H37N4O10SZn-. The van der Waals surface area contributed by atoms with E-state index in [1.807, 2.05) is 0 Å². The molecule has 2 heterocycles. The fraction of sp³-hybridized carbons (Fsp3) is 0.237. The number of hydrogen-bond donors (Lipinski definition) is 2. The van der Waals surface area contributed by atoms with E-state index in [2.05, 4.69) is 22.2 Å². The van der Waals surface area contributed by atoms with Crippen LogP contribution in [-0.4, -0.2) is 73.0 Å². The van der Waals surface area contributed by atoms with Gasteiger partial charge in [-0.1, -0.05) is 67.2 Å². The fourth-order valence-corrected chi connectivity index (χ4v) is 5.99. The van der Waals surface area contributed by atoms with Crippen molar-refractivity contribution in [3.63, 3.8) is 0 Å². The standard InChI is InChI=1S/C38H38N4O10S.Zn/c1-6-50-37(47)31-29(24-14-10-8-11-15-24)26(39-33(31)41-35(45)22(3)4)18-27-30(25-16-12-9-13-17-25)32(38(48)51-7-2)34(40-27)42-36(46)23(5)53-28(52-21-44)19-49-20-43;/h8-18,20-21,23,28H,3,6-7,19H2,1-2,4-5H3,(H3,39,40,41,42,45,46,47,48);/p-1. The molecule has 0 saturated heterocycles. The number of amidine groups is 1. The molecule has 278 valence electrons. The Labute approximate surface area is 328 Å². The first-order valence-electron chi connectivity index (χ1n) is 16.3. The Bertz CT molecular complexity index is 1980. The van der Waals surface area contributed by atoms with Crippen molar-refractivity contribution in [2.24, 2.45) is 4.99 Å². The maximum atomic E-state index is 13.7. The summed E-state index contributed by atoms with van der Waals surface area (Å²) in [5.74, 6) is -2.94. The normalized spacial score (nSPS) is 13.8. The van der Waals surface area contributed by atoms with E-state index in [4.69, 9.17) is 23.9 Å². The van der Waals surface area contributed by atoms with Crippen molar-refractivity contribution >= 4 is 71.8 Å². The third-order valence-electron chi connectivity index (χ3n) is 7.40. The average molecular weight is 807 g/mol. The van der Waals surface area contributed by atoms with E-state index < -0.39 is 34.4 Å². The molecule has 1 aliphatic rings. The van der Waals surface area contributed by atoms with Crippen molar-refractivity contribution in [3.05, 3.63) is 101 Å². The molecule has 0 spiro atoms. The first-order chi connectivity index (χ1) is 25.5. The number of carbonyl (C=O) groups is 6. The molecule has 1 aliphatic heterocycles. The van der Waals surface area contributed by atoms with Gasteiger partial charge in [-0.05, 0) is 62.0 Å². The van der Waals surface area contributed by atoms with E-state index in [9.17, 15) is 28.8 Å². The number of aliphatic imine (C=N–C) groups is 1. The van der Waals surface area contributed by atoms with E-state index in [0.717, 1.165) is 11.8 Å². The third-order valence-corrected chi connectivity index (χ3v) is 8.57. The molecule has 2 N–H and O–H groups in total.